The van der Waals surface area contributed by atoms with Crippen molar-refractivity contribution >= 4 is 12.0 Å². The summed E-state index contributed by atoms with van der Waals surface area (Å²) >= 11 is 0. The van der Waals surface area contributed by atoms with Gasteiger partial charge < -0.3 is 5.11 Å². The predicted molar refractivity (Wildman–Crippen MR) is 61.9 cm³/mol. The molecular formula is C13H13NO2. The summed E-state index contributed by atoms with van der Waals surface area (Å²) in [5.41, 5.74) is 3.59. The number of rotatable bonds is 3. The fourth-order valence-corrected chi connectivity index (χ4v) is 1.58. The molecular weight excluding hydrogens is 202 g/mol. The number of aliphatic carboxylic acids is 1. The van der Waals surface area contributed by atoms with E-state index in [0.717, 1.165) is 16.7 Å². The van der Waals surface area contributed by atoms with Crippen LogP contribution in [0.5, 0.6) is 0 Å². The quantitative estimate of drug-likeness (QED) is 0.843. The van der Waals surface area contributed by atoms with Crippen molar-refractivity contribution in [2.24, 2.45) is 0 Å². The van der Waals surface area contributed by atoms with E-state index in [1.807, 2.05) is 13.8 Å². The van der Waals surface area contributed by atoms with Gasteiger partial charge in [-0.25, -0.2) is 0 Å². The Balaban J connectivity index is 3.02. The number of aryl methyl sites for hydroxylation is 2. The zero-order valence-corrected chi connectivity index (χ0v) is 9.32. The number of nitrogens with zero attached hydrogens (tertiary/aromatic N) is 1. The van der Waals surface area contributed by atoms with Gasteiger partial charge in [0.1, 0.15) is 0 Å². The number of nitriles is 1. The smallest absolute Gasteiger partial charge is 0.307 e. The third-order valence-corrected chi connectivity index (χ3v) is 2.30. The van der Waals surface area contributed by atoms with Gasteiger partial charge >= 0.3 is 5.97 Å². The van der Waals surface area contributed by atoms with E-state index < -0.39 is 5.97 Å². The van der Waals surface area contributed by atoms with Crippen molar-refractivity contribution in [3.8, 4) is 6.07 Å². The number of hydrogen-bond acceptors (Lipinski definition) is 2. The minimum atomic E-state index is -0.847. The maximum absolute atomic E-state index is 10.4. The van der Waals surface area contributed by atoms with Crippen molar-refractivity contribution < 1.29 is 9.90 Å². The first-order chi connectivity index (χ1) is 7.54. The Hall–Kier alpha value is -2.08. The van der Waals surface area contributed by atoms with Crippen LogP contribution in [0, 0.1) is 25.2 Å². The van der Waals surface area contributed by atoms with Crippen LogP contribution in [-0.4, -0.2) is 11.1 Å². The Morgan fingerprint density at radius 3 is 2.44 bits per heavy atom. The summed E-state index contributed by atoms with van der Waals surface area (Å²) in [5, 5.41) is 17.3. The molecule has 0 atom stereocenters. The summed E-state index contributed by atoms with van der Waals surface area (Å²) in [4.78, 5) is 10.4. The summed E-state index contributed by atoms with van der Waals surface area (Å²) < 4.78 is 0. The molecule has 1 aromatic rings. The molecule has 16 heavy (non-hydrogen) atoms. The Morgan fingerprint density at radius 1 is 1.44 bits per heavy atom. The molecule has 0 unspecified atom stereocenters. The number of carbonyl (C=O) groups is 1. The lowest BCUT2D eigenvalue weighted by atomic mass is 9.99. The van der Waals surface area contributed by atoms with Crippen molar-refractivity contribution in [3.05, 3.63) is 40.5 Å². The number of carboxylic acids is 1. The molecule has 1 aromatic carbocycles. The van der Waals surface area contributed by atoms with Gasteiger partial charge in [0.15, 0.2) is 0 Å². The standard InChI is InChI=1S/C13H13NO2/c1-9-6-11(8-14)7-10(2)12(9)4-3-5-13(15)16/h3-4,6-7H,5H2,1-2H3,(H,15,16). The molecule has 0 aromatic heterocycles. The van der Waals surface area contributed by atoms with Crippen LogP contribution in [-0.2, 0) is 4.79 Å². The fourth-order valence-electron chi connectivity index (χ4n) is 1.58. The van der Waals surface area contributed by atoms with Crippen LogP contribution in [0.15, 0.2) is 18.2 Å². The lowest BCUT2D eigenvalue weighted by Gasteiger charge is -2.05. The van der Waals surface area contributed by atoms with Gasteiger partial charge in [-0.05, 0) is 42.7 Å². The average molecular weight is 215 g/mol. The van der Waals surface area contributed by atoms with Gasteiger partial charge in [-0.1, -0.05) is 12.2 Å². The van der Waals surface area contributed by atoms with Crippen molar-refractivity contribution in [2.45, 2.75) is 20.3 Å². The maximum atomic E-state index is 10.4. The Kier molecular flexibility index (Phi) is 3.84. The van der Waals surface area contributed by atoms with E-state index in [1.165, 1.54) is 0 Å². The molecule has 1 rings (SSSR count). The van der Waals surface area contributed by atoms with Crippen LogP contribution in [0.25, 0.3) is 6.08 Å². The van der Waals surface area contributed by atoms with Crippen LogP contribution >= 0.6 is 0 Å². The first kappa shape index (κ1) is 12.0. The zero-order valence-electron chi connectivity index (χ0n) is 9.32. The Labute approximate surface area is 94.6 Å². The lowest BCUT2D eigenvalue weighted by molar-refractivity contribution is -0.135. The highest BCUT2D eigenvalue weighted by atomic mass is 16.4. The molecule has 0 spiro atoms. The first-order valence-corrected chi connectivity index (χ1v) is 4.94. The molecule has 0 fully saturated rings. The Morgan fingerprint density at radius 2 is 2.00 bits per heavy atom. The van der Waals surface area contributed by atoms with Crippen LogP contribution in [0.1, 0.15) is 28.7 Å². The predicted octanol–water partition coefficient (Wildman–Crippen LogP) is 2.66. The fraction of sp³-hybridized carbons (Fsp3) is 0.231. The molecule has 0 amide bonds. The monoisotopic (exact) mass is 215 g/mol. The molecule has 82 valence electrons. The van der Waals surface area contributed by atoms with E-state index in [2.05, 4.69) is 6.07 Å². The summed E-state index contributed by atoms with van der Waals surface area (Å²) in [6.07, 6.45) is 3.42. The summed E-state index contributed by atoms with van der Waals surface area (Å²) in [7, 11) is 0. The van der Waals surface area contributed by atoms with Gasteiger partial charge in [-0.2, -0.15) is 5.26 Å². The van der Waals surface area contributed by atoms with Gasteiger partial charge in [0.25, 0.3) is 0 Å². The summed E-state index contributed by atoms with van der Waals surface area (Å²) in [5.74, 6) is -0.847. The second-order valence-electron chi connectivity index (χ2n) is 3.64. The van der Waals surface area contributed by atoms with Gasteiger partial charge in [0, 0.05) is 0 Å². The normalized spacial score (nSPS) is 10.3. The molecule has 1 N–H and O–H groups in total. The highest BCUT2D eigenvalue weighted by Gasteiger charge is 2.02. The van der Waals surface area contributed by atoms with Crippen molar-refractivity contribution in [1.29, 1.82) is 5.26 Å². The SMILES string of the molecule is Cc1cc(C#N)cc(C)c1C=CCC(=O)O. The highest BCUT2D eigenvalue weighted by molar-refractivity contribution is 5.71. The molecule has 0 aliphatic carbocycles. The van der Waals surface area contributed by atoms with E-state index in [-0.39, 0.29) is 6.42 Å². The third-order valence-electron chi connectivity index (χ3n) is 2.30. The second kappa shape index (κ2) is 5.13. The second-order valence-corrected chi connectivity index (χ2v) is 3.64. The molecule has 0 heterocycles. The van der Waals surface area contributed by atoms with Gasteiger partial charge in [0.2, 0.25) is 0 Å². The third kappa shape index (κ3) is 2.96. The van der Waals surface area contributed by atoms with Crippen LogP contribution < -0.4 is 0 Å². The van der Waals surface area contributed by atoms with E-state index in [4.69, 9.17) is 10.4 Å². The molecule has 0 aliphatic heterocycles. The Bertz CT molecular complexity index is 458. The van der Waals surface area contributed by atoms with Gasteiger partial charge in [-0.3, -0.25) is 4.79 Å². The molecule has 3 nitrogen and oxygen atoms in total. The number of carboxylic acid groups (broad SMARTS) is 1. The van der Waals surface area contributed by atoms with Crippen molar-refractivity contribution in [1.82, 2.24) is 0 Å². The minimum absolute atomic E-state index is 0.0128. The molecule has 0 saturated heterocycles. The van der Waals surface area contributed by atoms with Crippen LogP contribution in [0.3, 0.4) is 0 Å². The first-order valence-electron chi connectivity index (χ1n) is 4.94. The zero-order chi connectivity index (χ0) is 12.1. The minimum Gasteiger partial charge on any atom is -0.481 e. The summed E-state index contributed by atoms with van der Waals surface area (Å²) in [6, 6.07) is 5.69. The summed E-state index contributed by atoms with van der Waals surface area (Å²) in [6.45, 7) is 3.82. The van der Waals surface area contributed by atoms with Crippen LogP contribution in [0.4, 0.5) is 0 Å². The average Bonchev–Trinajstić information content (AvgIpc) is 2.21. The molecule has 0 radical (unpaired) electrons. The highest BCUT2D eigenvalue weighted by Crippen LogP contribution is 2.18. The van der Waals surface area contributed by atoms with Crippen LogP contribution in [0.2, 0.25) is 0 Å². The maximum Gasteiger partial charge on any atom is 0.307 e. The van der Waals surface area contributed by atoms with E-state index >= 15 is 0 Å². The number of benzene rings is 1. The molecule has 0 saturated carbocycles. The molecule has 3 heteroatoms. The van der Waals surface area contributed by atoms with E-state index in [1.54, 1.807) is 24.3 Å². The lowest BCUT2D eigenvalue weighted by Crippen LogP contribution is -1.92. The van der Waals surface area contributed by atoms with E-state index in [0.29, 0.717) is 5.56 Å². The molecule has 0 aliphatic rings. The van der Waals surface area contributed by atoms with Gasteiger partial charge in [0.05, 0.1) is 18.1 Å². The van der Waals surface area contributed by atoms with Crippen molar-refractivity contribution in [3.63, 3.8) is 0 Å². The number of hydrogen-bond donors (Lipinski definition) is 1. The van der Waals surface area contributed by atoms with Crippen molar-refractivity contribution in [2.75, 3.05) is 0 Å². The largest absolute Gasteiger partial charge is 0.481 e. The molecule has 0 bridgehead atoms. The van der Waals surface area contributed by atoms with E-state index in [9.17, 15) is 4.79 Å². The topological polar surface area (TPSA) is 61.1 Å². The van der Waals surface area contributed by atoms with Gasteiger partial charge in [-0.15, -0.1) is 0 Å².